The summed E-state index contributed by atoms with van der Waals surface area (Å²) in [4.78, 5) is 2.14. The highest BCUT2D eigenvalue weighted by atomic mass is 16.3. The minimum atomic E-state index is -0.160. The zero-order valence-corrected chi connectivity index (χ0v) is 8.39. The van der Waals surface area contributed by atoms with Crippen molar-refractivity contribution in [3.05, 3.63) is 0 Å². The molecular formula is C9H21NO. The molecule has 1 atom stereocenters. The predicted molar refractivity (Wildman–Crippen MR) is 48.7 cm³/mol. The Balaban J connectivity index is 3.90. The monoisotopic (exact) mass is 159 g/mol. The largest absolute Gasteiger partial charge is 0.393 e. The average Bonchev–Trinajstić information content (AvgIpc) is 1.86. The van der Waals surface area contributed by atoms with Crippen molar-refractivity contribution in [1.82, 2.24) is 4.90 Å². The van der Waals surface area contributed by atoms with Crippen LogP contribution in [0.1, 0.15) is 33.6 Å². The fourth-order valence-electron chi connectivity index (χ4n) is 0.904. The summed E-state index contributed by atoms with van der Waals surface area (Å²) in [5.74, 6) is 0. The number of nitrogens with zero attached hydrogens (tertiary/aromatic N) is 1. The van der Waals surface area contributed by atoms with Gasteiger partial charge in [-0.15, -0.1) is 0 Å². The molecule has 0 heterocycles. The lowest BCUT2D eigenvalue weighted by Gasteiger charge is -2.34. The summed E-state index contributed by atoms with van der Waals surface area (Å²) in [7, 11) is 4.09. The van der Waals surface area contributed by atoms with Crippen molar-refractivity contribution in [3.8, 4) is 0 Å². The standard InChI is InChI=1S/C9H21NO/c1-6-8(11)7-9(2,3)10(4)5/h8,11H,6-7H2,1-5H3. The molecule has 0 saturated carbocycles. The zero-order valence-electron chi connectivity index (χ0n) is 8.39. The van der Waals surface area contributed by atoms with Crippen LogP contribution in [-0.2, 0) is 0 Å². The quantitative estimate of drug-likeness (QED) is 0.671. The molecule has 1 unspecified atom stereocenters. The third-order valence-corrected chi connectivity index (χ3v) is 2.42. The van der Waals surface area contributed by atoms with Gasteiger partial charge in [0.2, 0.25) is 0 Å². The molecule has 1 N–H and O–H groups in total. The van der Waals surface area contributed by atoms with Crippen LogP contribution in [0.4, 0.5) is 0 Å². The lowest BCUT2D eigenvalue weighted by Crippen LogP contribution is -2.40. The van der Waals surface area contributed by atoms with E-state index in [0.717, 1.165) is 12.8 Å². The molecule has 0 fully saturated rings. The smallest absolute Gasteiger partial charge is 0.0555 e. The molecule has 68 valence electrons. The molecule has 0 bridgehead atoms. The zero-order chi connectivity index (χ0) is 9.07. The van der Waals surface area contributed by atoms with E-state index in [-0.39, 0.29) is 11.6 Å². The van der Waals surface area contributed by atoms with Crippen molar-refractivity contribution in [2.75, 3.05) is 14.1 Å². The van der Waals surface area contributed by atoms with E-state index in [1.54, 1.807) is 0 Å². The Labute approximate surface area is 70.2 Å². The minimum Gasteiger partial charge on any atom is -0.393 e. The summed E-state index contributed by atoms with van der Waals surface area (Å²) < 4.78 is 0. The summed E-state index contributed by atoms with van der Waals surface area (Å²) >= 11 is 0. The van der Waals surface area contributed by atoms with Crippen LogP contribution in [0.2, 0.25) is 0 Å². The van der Waals surface area contributed by atoms with Gasteiger partial charge in [-0.25, -0.2) is 0 Å². The summed E-state index contributed by atoms with van der Waals surface area (Å²) in [6.45, 7) is 6.30. The summed E-state index contributed by atoms with van der Waals surface area (Å²) in [5.41, 5.74) is 0.107. The van der Waals surface area contributed by atoms with Gasteiger partial charge in [-0.05, 0) is 40.8 Å². The second-order valence-corrected chi connectivity index (χ2v) is 3.97. The second kappa shape index (κ2) is 4.07. The molecule has 0 aromatic heterocycles. The van der Waals surface area contributed by atoms with Crippen LogP contribution in [0.15, 0.2) is 0 Å². The van der Waals surface area contributed by atoms with Gasteiger partial charge in [-0.1, -0.05) is 6.92 Å². The molecule has 0 aromatic carbocycles. The van der Waals surface area contributed by atoms with Gasteiger partial charge in [0, 0.05) is 5.54 Å². The maximum absolute atomic E-state index is 9.42. The molecule has 0 aliphatic carbocycles. The first kappa shape index (κ1) is 10.9. The Bertz CT molecular complexity index is 110. The van der Waals surface area contributed by atoms with Crippen molar-refractivity contribution in [2.45, 2.75) is 45.3 Å². The number of hydrogen-bond donors (Lipinski definition) is 1. The van der Waals surface area contributed by atoms with Crippen molar-refractivity contribution >= 4 is 0 Å². The van der Waals surface area contributed by atoms with E-state index < -0.39 is 0 Å². The van der Waals surface area contributed by atoms with Gasteiger partial charge in [0.25, 0.3) is 0 Å². The number of rotatable bonds is 4. The van der Waals surface area contributed by atoms with Gasteiger partial charge in [-0.3, -0.25) is 0 Å². The van der Waals surface area contributed by atoms with Crippen LogP contribution in [0.5, 0.6) is 0 Å². The Morgan fingerprint density at radius 1 is 1.36 bits per heavy atom. The lowest BCUT2D eigenvalue weighted by atomic mass is 9.94. The van der Waals surface area contributed by atoms with Gasteiger partial charge in [0.15, 0.2) is 0 Å². The third-order valence-electron chi connectivity index (χ3n) is 2.42. The van der Waals surface area contributed by atoms with Crippen LogP contribution < -0.4 is 0 Å². The maximum Gasteiger partial charge on any atom is 0.0555 e. The number of aliphatic hydroxyl groups excluding tert-OH is 1. The first-order valence-electron chi connectivity index (χ1n) is 4.25. The molecule has 2 heteroatoms. The highest BCUT2D eigenvalue weighted by Crippen LogP contribution is 2.18. The molecule has 0 saturated heterocycles. The lowest BCUT2D eigenvalue weighted by molar-refractivity contribution is 0.0804. The van der Waals surface area contributed by atoms with E-state index in [0.29, 0.717) is 0 Å². The third kappa shape index (κ3) is 3.73. The first-order chi connectivity index (χ1) is 4.90. The van der Waals surface area contributed by atoms with Gasteiger partial charge in [0.1, 0.15) is 0 Å². The second-order valence-electron chi connectivity index (χ2n) is 3.97. The van der Waals surface area contributed by atoms with Crippen molar-refractivity contribution in [2.24, 2.45) is 0 Å². The molecule has 2 nitrogen and oxygen atoms in total. The van der Waals surface area contributed by atoms with E-state index >= 15 is 0 Å². The van der Waals surface area contributed by atoms with Crippen molar-refractivity contribution in [1.29, 1.82) is 0 Å². The average molecular weight is 159 g/mol. The molecule has 0 spiro atoms. The fraction of sp³-hybridized carbons (Fsp3) is 1.00. The maximum atomic E-state index is 9.42. The Morgan fingerprint density at radius 3 is 2.09 bits per heavy atom. The van der Waals surface area contributed by atoms with E-state index in [1.807, 2.05) is 21.0 Å². The highest BCUT2D eigenvalue weighted by Gasteiger charge is 2.23. The number of aliphatic hydroxyl groups is 1. The van der Waals surface area contributed by atoms with Crippen LogP contribution in [-0.4, -0.2) is 35.7 Å². The van der Waals surface area contributed by atoms with Crippen LogP contribution in [0.25, 0.3) is 0 Å². The Morgan fingerprint density at radius 2 is 1.82 bits per heavy atom. The van der Waals surface area contributed by atoms with E-state index in [9.17, 15) is 5.11 Å². The van der Waals surface area contributed by atoms with Crippen LogP contribution in [0, 0.1) is 0 Å². The summed E-state index contributed by atoms with van der Waals surface area (Å²) in [5, 5.41) is 9.42. The van der Waals surface area contributed by atoms with E-state index in [2.05, 4.69) is 18.7 Å². The van der Waals surface area contributed by atoms with Gasteiger partial charge in [-0.2, -0.15) is 0 Å². The highest BCUT2D eigenvalue weighted by molar-refractivity contribution is 4.79. The van der Waals surface area contributed by atoms with Gasteiger partial charge in [0.05, 0.1) is 6.10 Å². The summed E-state index contributed by atoms with van der Waals surface area (Å²) in [6.07, 6.45) is 1.53. The predicted octanol–water partition coefficient (Wildman–Crippen LogP) is 1.49. The molecule has 0 aliphatic rings. The Hall–Kier alpha value is -0.0800. The van der Waals surface area contributed by atoms with E-state index in [1.165, 1.54) is 0 Å². The normalized spacial score (nSPS) is 15.5. The van der Waals surface area contributed by atoms with Crippen LogP contribution in [0.3, 0.4) is 0 Å². The molecular weight excluding hydrogens is 138 g/mol. The van der Waals surface area contributed by atoms with Gasteiger partial charge >= 0.3 is 0 Å². The summed E-state index contributed by atoms with van der Waals surface area (Å²) in [6, 6.07) is 0. The molecule has 0 rings (SSSR count). The topological polar surface area (TPSA) is 23.5 Å². The SMILES string of the molecule is CCC(O)CC(C)(C)N(C)C. The molecule has 0 aliphatic heterocycles. The van der Waals surface area contributed by atoms with Gasteiger partial charge < -0.3 is 10.0 Å². The number of hydrogen-bond acceptors (Lipinski definition) is 2. The molecule has 0 amide bonds. The first-order valence-corrected chi connectivity index (χ1v) is 4.25. The molecule has 0 aromatic rings. The molecule has 0 radical (unpaired) electrons. The minimum absolute atomic E-state index is 0.107. The fourth-order valence-corrected chi connectivity index (χ4v) is 0.904. The Kier molecular flexibility index (Phi) is 4.04. The van der Waals surface area contributed by atoms with Crippen molar-refractivity contribution in [3.63, 3.8) is 0 Å². The van der Waals surface area contributed by atoms with Crippen molar-refractivity contribution < 1.29 is 5.11 Å². The van der Waals surface area contributed by atoms with E-state index in [4.69, 9.17) is 0 Å². The molecule has 11 heavy (non-hydrogen) atoms. The van der Waals surface area contributed by atoms with Crippen LogP contribution >= 0.6 is 0 Å².